The van der Waals surface area contributed by atoms with Crippen molar-refractivity contribution < 1.29 is 0 Å². The van der Waals surface area contributed by atoms with Crippen LogP contribution in [0, 0.1) is 0 Å². The highest BCUT2D eigenvalue weighted by Crippen LogP contribution is 2.32. The van der Waals surface area contributed by atoms with Crippen LogP contribution in [0.5, 0.6) is 0 Å². The third-order valence-corrected chi connectivity index (χ3v) is 2.90. The molecule has 6 heteroatoms. The second-order valence-corrected chi connectivity index (χ2v) is 4.39. The highest BCUT2D eigenvalue weighted by atomic mass is 15.2. The summed E-state index contributed by atoms with van der Waals surface area (Å²) in [6.45, 7) is 0. The summed E-state index contributed by atoms with van der Waals surface area (Å²) in [6.07, 6.45) is 1.42. The highest BCUT2D eigenvalue weighted by molar-refractivity contribution is 5.73. The number of nitrogen functional groups attached to an aromatic ring is 2. The summed E-state index contributed by atoms with van der Waals surface area (Å²) < 4.78 is 0. The number of nitrogens with zero attached hydrogens (tertiary/aromatic N) is 4. The lowest BCUT2D eigenvalue weighted by Crippen LogP contribution is -2.14. The van der Waals surface area contributed by atoms with Crippen LogP contribution in [0.1, 0.15) is 0 Å². The second-order valence-electron chi connectivity index (χ2n) is 4.39. The fraction of sp³-hybridized carbons (Fsp3) is 0. The van der Waals surface area contributed by atoms with E-state index in [2.05, 4.69) is 15.0 Å². The van der Waals surface area contributed by atoms with E-state index in [9.17, 15) is 0 Å². The largest absolute Gasteiger partial charge is 0.384 e. The third kappa shape index (κ3) is 2.74. The summed E-state index contributed by atoms with van der Waals surface area (Å²) in [6, 6.07) is 16.9. The lowest BCUT2D eigenvalue weighted by Gasteiger charge is -2.23. The van der Waals surface area contributed by atoms with E-state index in [0.29, 0.717) is 23.3 Å². The number of para-hydroxylation sites is 1. The van der Waals surface area contributed by atoms with Crippen molar-refractivity contribution in [1.29, 1.82) is 0 Å². The summed E-state index contributed by atoms with van der Waals surface area (Å²) in [4.78, 5) is 14.4. The Hall–Kier alpha value is -3.15. The second kappa shape index (κ2) is 5.46. The molecule has 21 heavy (non-hydrogen) atoms. The number of benzene rings is 1. The lowest BCUT2D eigenvalue weighted by molar-refractivity contribution is 1.09. The molecule has 4 N–H and O–H groups in total. The van der Waals surface area contributed by atoms with Crippen molar-refractivity contribution in [3.63, 3.8) is 0 Å². The minimum Gasteiger partial charge on any atom is -0.384 e. The average molecular weight is 278 g/mol. The van der Waals surface area contributed by atoms with Crippen LogP contribution in [0.15, 0.2) is 60.9 Å². The van der Waals surface area contributed by atoms with Crippen LogP contribution >= 0.6 is 0 Å². The predicted molar refractivity (Wildman–Crippen MR) is 83.3 cm³/mol. The molecule has 1 aromatic carbocycles. The van der Waals surface area contributed by atoms with E-state index in [1.807, 2.05) is 47.4 Å². The van der Waals surface area contributed by atoms with Gasteiger partial charge in [-0.1, -0.05) is 24.3 Å². The van der Waals surface area contributed by atoms with Gasteiger partial charge in [0.05, 0.1) is 0 Å². The van der Waals surface area contributed by atoms with Gasteiger partial charge in [-0.15, -0.1) is 0 Å². The maximum absolute atomic E-state index is 5.79. The number of rotatable bonds is 3. The molecule has 3 aromatic rings. The van der Waals surface area contributed by atoms with Crippen LogP contribution in [0.3, 0.4) is 0 Å². The quantitative estimate of drug-likeness (QED) is 0.764. The molecule has 0 saturated carbocycles. The van der Waals surface area contributed by atoms with Gasteiger partial charge in [0.15, 0.2) is 0 Å². The Morgan fingerprint density at radius 1 is 0.762 bits per heavy atom. The predicted octanol–water partition coefficient (Wildman–Crippen LogP) is 2.51. The van der Waals surface area contributed by atoms with Gasteiger partial charge < -0.3 is 11.5 Å². The lowest BCUT2D eigenvalue weighted by atomic mass is 10.2. The zero-order valence-electron chi connectivity index (χ0n) is 11.2. The van der Waals surface area contributed by atoms with E-state index in [-0.39, 0.29) is 0 Å². The minimum atomic E-state index is 0.393. The van der Waals surface area contributed by atoms with Gasteiger partial charge in [-0.3, -0.25) is 4.90 Å². The molecule has 6 nitrogen and oxygen atoms in total. The maximum Gasteiger partial charge on any atom is 0.144 e. The molecule has 0 atom stereocenters. The van der Waals surface area contributed by atoms with Crippen molar-refractivity contribution in [3.8, 4) is 0 Å². The van der Waals surface area contributed by atoms with Crippen molar-refractivity contribution in [2.75, 3.05) is 16.4 Å². The molecule has 0 fully saturated rings. The number of anilines is 5. The monoisotopic (exact) mass is 278 g/mol. The number of hydrogen-bond acceptors (Lipinski definition) is 6. The molecule has 2 aromatic heterocycles. The standard InChI is InChI=1S/C15H14N6/c16-12-7-4-8-14(20-12)21(11-5-2-1-3-6-11)15-9-13(17)18-10-19-15/h1-10H,(H2,16,20)(H2,17,18,19). The van der Waals surface area contributed by atoms with Crippen LogP contribution in [0.25, 0.3) is 0 Å². The molecule has 0 unspecified atom stereocenters. The van der Waals surface area contributed by atoms with Crippen molar-refractivity contribution in [3.05, 3.63) is 60.9 Å². The van der Waals surface area contributed by atoms with Crippen molar-refractivity contribution in [2.45, 2.75) is 0 Å². The molecular formula is C15H14N6. The topological polar surface area (TPSA) is 94.0 Å². The SMILES string of the molecule is Nc1cc(N(c2ccccc2)c2cccc(N)n2)ncn1. The normalized spacial score (nSPS) is 10.3. The van der Waals surface area contributed by atoms with Gasteiger partial charge in [0.25, 0.3) is 0 Å². The average Bonchev–Trinajstić information content (AvgIpc) is 2.49. The van der Waals surface area contributed by atoms with E-state index in [0.717, 1.165) is 5.69 Å². The Labute approximate surface area is 122 Å². The maximum atomic E-state index is 5.79. The van der Waals surface area contributed by atoms with E-state index >= 15 is 0 Å². The number of pyridine rings is 1. The van der Waals surface area contributed by atoms with E-state index in [1.165, 1.54) is 6.33 Å². The number of aromatic nitrogens is 3. The summed E-state index contributed by atoms with van der Waals surface area (Å²) in [5, 5.41) is 0. The van der Waals surface area contributed by atoms with Crippen LogP contribution < -0.4 is 16.4 Å². The molecule has 0 spiro atoms. The fourth-order valence-corrected chi connectivity index (χ4v) is 2.01. The molecule has 0 saturated heterocycles. The first-order valence-electron chi connectivity index (χ1n) is 6.39. The van der Waals surface area contributed by atoms with Gasteiger partial charge in [-0.25, -0.2) is 15.0 Å². The Bertz CT molecular complexity index is 698. The van der Waals surface area contributed by atoms with Gasteiger partial charge in [-0.05, 0) is 24.3 Å². The van der Waals surface area contributed by atoms with Gasteiger partial charge in [0.1, 0.15) is 29.6 Å². The molecule has 2 heterocycles. The van der Waals surface area contributed by atoms with Gasteiger partial charge in [0, 0.05) is 11.8 Å². The van der Waals surface area contributed by atoms with Crippen LogP contribution in [-0.4, -0.2) is 15.0 Å². The van der Waals surface area contributed by atoms with E-state index in [1.54, 1.807) is 12.1 Å². The minimum absolute atomic E-state index is 0.393. The molecule has 0 aliphatic rings. The van der Waals surface area contributed by atoms with Crippen LogP contribution in [-0.2, 0) is 0 Å². The molecule has 0 bridgehead atoms. The number of nitrogens with two attached hydrogens (primary N) is 2. The highest BCUT2D eigenvalue weighted by Gasteiger charge is 2.15. The molecule has 3 rings (SSSR count). The summed E-state index contributed by atoms with van der Waals surface area (Å²) >= 11 is 0. The van der Waals surface area contributed by atoms with Crippen molar-refractivity contribution >= 4 is 29.0 Å². The molecular weight excluding hydrogens is 264 g/mol. The van der Waals surface area contributed by atoms with Gasteiger partial charge >= 0.3 is 0 Å². The van der Waals surface area contributed by atoms with Crippen LogP contribution in [0.4, 0.5) is 29.0 Å². The van der Waals surface area contributed by atoms with Gasteiger partial charge in [0.2, 0.25) is 0 Å². The van der Waals surface area contributed by atoms with E-state index in [4.69, 9.17) is 11.5 Å². The Kier molecular flexibility index (Phi) is 3.34. The van der Waals surface area contributed by atoms with Crippen LogP contribution in [0.2, 0.25) is 0 Å². The Morgan fingerprint density at radius 2 is 1.57 bits per heavy atom. The summed E-state index contributed by atoms with van der Waals surface area (Å²) in [5.41, 5.74) is 12.5. The first kappa shape index (κ1) is 12.9. The fourth-order valence-electron chi connectivity index (χ4n) is 2.01. The van der Waals surface area contributed by atoms with Gasteiger partial charge in [-0.2, -0.15) is 0 Å². The smallest absolute Gasteiger partial charge is 0.144 e. The van der Waals surface area contributed by atoms with Crippen molar-refractivity contribution in [1.82, 2.24) is 15.0 Å². The van der Waals surface area contributed by atoms with E-state index < -0.39 is 0 Å². The zero-order valence-corrected chi connectivity index (χ0v) is 11.2. The molecule has 0 radical (unpaired) electrons. The zero-order chi connectivity index (χ0) is 14.7. The first-order chi connectivity index (χ1) is 10.2. The molecule has 0 aliphatic carbocycles. The Balaban J connectivity index is 2.16. The molecule has 0 amide bonds. The van der Waals surface area contributed by atoms with Crippen molar-refractivity contribution in [2.24, 2.45) is 0 Å². The molecule has 0 aliphatic heterocycles. The summed E-state index contributed by atoms with van der Waals surface area (Å²) in [7, 11) is 0. The number of hydrogen-bond donors (Lipinski definition) is 2. The third-order valence-electron chi connectivity index (χ3n) is 2.90. The molecule has 104 valence electrons. The first-order valence-corrected chi connectivity index (χ1v) is 6.39. The Morgan fingerprint density at radius 3 is 2.29 bits per heavy atom. The summed E-state index contributed by atoms with van der Waals surface area (Å²) in [5.74, 6) is 2.13.